The van der Waals surface area contributed by atoms with Crippen molar-refractivity contribution < 1.29 is 26.9 Å². The first-order chi connectivity index (χ1) is 13.6. The summed E-state index contributed by atoms with van der Waals surface area (Å²) in [5.74, 6) is 1.28. The summed E-state index contributed by atoms with van der Waals surface area (Å²) in [6.07, 6.45) is 0.990. The Morgan fingerprint density at radius 3 is 2.34 bits per heavy atom. The summed E-state index contributed by atoms with van der Waals surface area (Å²) in [5, 5.41) is 0. The van der Waals surface area contributed by atoms with Crippen molar-refractivity contribution in [2.24, 2.45) is 5.92 Å². The fourth-order valence-corrected chi connectivity index (χ4v) is 3.35. The maximum Gasteiger partial charge on any atom is 0.306 e. The quantitative estimate of drug-likeness (QED) is 0.578. The van der Waals surface area contributed by atoms with Crippen LogP contribution in [0, 0.1) is 5.92 Å². The predicted octanol–water partition coefficient (Wildman–Crippen LogP) is 3.34. The molecule has 0 aliphatic rings. The number of hydrogen-bond acceptors (Lipinski definition) is 6. The van der Waals surface area contributed by atoms with Gasteiger partial charge in [-0.15, -0.1) is 0 Å². The van der Waals surface area contributed by atoms with Crippen LogP contribution in [-0.4, -0.2) is 46.2 Å². The van der Waals surface area contributed by atoms with Crippen LogP contribution in [-0.2, 0) is 16.7 Å². The molecule has 2 rings (SSSR count). The highest BCUT2D eigenvalue weighted by atomic mass is 32.2. The number of benzene rings is 2. The van der Waals surface area contributed by atoms with Gasteiger partial charge in [0.1, 0.15) is 17.2 Å². The standard InChI is InChI=1S/C21H27NO6S/c1-15(2)13-22(14-16-7-6-8-18(11-16)28-29(5,24)25)21(23)19-10-9-17(26-3)12-20(19)27-4/h6-12,15H,13-14H2,1-5H3. The van der Waals surface area contributed by atoms with Crippen LogP contribution < -0.4 is 13.7 Å². The van der Waals surface area contributed by atoms with Crippen molar-refractivity contribution in [2.45, 2.75) is 20.4 Å². The molecule has 2 aromatic carbocycles. The van der Waals surface area contributed by atoms with Crippen molar-refractivity contribution >= 4 is 16.0 Å². The van der Waals surface area contributed by atoms with Crippen LogP contribution in [0.5, 0.6) is 17.2 Å². The SMILES string of the molecule is COc1ccc(C(=O)N(Cc2cccc(OS(C)(=O)=O)c2)CC(C)C)c(OC)c1. The monoisotopic (exact) mass is 421 g/mol. The Morgan fingerprint density at radius 1 is 1.03 bits per heavy atom. The van der Waals surface area contributed by atoms with Gasteiger partial charge in [0.05, 0.1) is 26.0 Å². The first-order valence-corrected chi connectivity index (χ1v) is 10.9. The number of rotatable bonds is 9. The molecule has 0 atom stereocenters. The molecule has 0 radical (unpaired) electrons. The number of carbonyl (C=O) groups is 1. The summed E-state index contributed by atoms with van der Waals surface area (Å²) >= 11 is 0. The molecular formula is C21H27NO6S. The average Bonchev–Trinajstić information content (AvgIpc) is 2.65. The maximum absolute atomic E-state index is 13.3. The van der Waals surface area contributed by atoms with E-state index in [1.807, 2.05) is 19.9 Å². The largest absolute Gasteiger partial charge is 0.497 e. The van der Waals surface area contributed by atoms with Crippen molar-refractivity contribution in [3.8, 4) is 17.2 Å². The van der Waals surface area contributed by atoms with Crippen LogP contribution in [0.15, 0.2) is 42.5 Å². The van der Waals surface area contributed by atoms with Gasteiger partial charge in [-0.2, -0.15) is 8.42 Å². The molecule has 1 amide bonds. The molecular weight excluding hydrogens is 394 g/mol. The Labute approximate surface area is 172 Å². The van der Waals surface area contributed by atoms with Gasteiger partial charge in [-0.3, -0.25) is 4.79 Å². The molecule has 8 heteroatoms. The summed E-state index contributed by atoms with van der Waals surface area (Å²) in [7, 11) is -0.572. The first-order valence-electron chi connectivity index (χ1n) is 9.12. The first kappa shape index (κ1) is 22.5. The van der Waals surface area contributed by atoms with Gasteiger partial charge >= 0.3 is 10.1 Å². The van der Waals surface area contributed by atoms with E-state index in [1.165, 1.54) is 7.11 Å². The molecule has 0 aliphatic carbocycles. The van der Waals surface area contributed by atoms with Gasteiger partial charge in [-0.1, -0.05) is 26.0 Å². The zero-order chi connectivity index (χ0) is 21.6. The lowest BCUT2D eigenvalue weighted by atomic mass is 10.1. The highest BCUT2D eigenvalue weighted by Gasteiger charge is 2.21. The normalized spacial score (nSPS) is 11.2. The van der Waals surface area contributed by atoms with Crippen LogP contribution in [0.3, 0.4) is 0 Å². The molecule has 0 aliphatic heterocycles. The Hall–Kier alpha value is -2.74. The lowest BCUT2D eigenvalue weighted by molar-refractivity contribution is 0.0719. The molecule has 0 spiro atoms. The summed E-state index contributed by atoms with van der Waals surface area (Å²) in [6, 6.07) is 11.8. The molecule has 29 heavy (non-hydrogen) atoms. The Bertz CT molecular complexity index is 955. The highest BCUT2D eigenvalue weighted by molar-refractivity contribution is 7.86. The smallest absolute Gasteiger partial charge is 0.306 e. The van der Waals surface area contributed by atoms with E-state index in [2.05, 4.69) is 0 Å². The number of nitrogens with zero attached hydrogens (tertiary/aromatic N) is 1. The number of hydrogen-bond donors (Lipinski definition) is 0. The van der Waals surface area contributed by atoms with Gasteiger partial charge in [0.15, 0.2) is 0 Å². The zero-order valence-corrected chi connectivity index (χ0v) is 18.2. The van der Waals surface area contributed by atoms with Crippen molar-refractivity contribution in [1.29, 1.82) is 0 Å². The third-order valence-electron chi connectivity index (χ3n) is 4.03. The van der Waals surface area contributed by atoms with Gasteiger partial charge in [0.25, 0.3) is 5.91 Å². The van der Waals surface area contributed by atoms with Crippen LogP contribution in [0.1, 0.15) is 29.8 Å². The molecule has 0 fully saturated rings. The topological polar surface area (TPSA) is 82.1 Å². The molecule has 0 saturated heterocycles. The molecule has 158 valence electrons. The van der Waals surface area contributed by atoms with Gasteiger partial charge in [-0.25, -0.2) is 0 Å². The zero-order valence-electron chi connectivity index (χ0n) is 17.3. The molecule has 0 aromatic heterocycles. The van der Waals surface area contributed by atoms with E-state index in [0.29, 0.717) is 30.2 Å². The summed E-state index contributed by atoms with van der Waals surface area (Å²) in [4.78, 5) is 15.0. The second-order valence-electron chi connectivity index (χ2n) is 7.08. The van der Waals surface area contributed by atoms with E-state index < -0.39 is 10.1 Å². The van der Waals surface area contributed by atoms with Gasteiger partial charge in [-0.05, 0) is 35.7 Å². The molecule has 7 nitrogen and oxygen atoms in total. The second kappa shape index (κ2) is 9.65. The molecule has 0 saturated carbocycles. The van der Waals surface area contributed by atoms with Crippen molar-refractivity contribution in [3.05, 3.63) is 53.6 Å². The number of ether oxygens (including phenoxy) is 2. The van der Waals surface area contributed by atoms with Crippen LogP contribution in [0.4, 0.5) is 0 Å². The van der Waals surface area contributed by atoms with E-state index in [1.54, 1.807) is 48.4 Å². The maximum atomic E-state index is 13.3. The minimum Gasteiger partial charge on any atom is -0.497 e. The van der Waals surface area contributed by atoms with Gasteiger partial charge in [0.2, 0.25) is 0 Å². The van der Waals surface area contributed by atoms with Crippen molar-refractivity contribution in [2.75, 3.05) is 27.0 Å². The summed E-state index contributed by atoms with van der Waals surface area (Å²) in [5.41, 5.74) is 1.19. The van der Waals surface area contributed by atoms with E-state index in [9.17, 15) is 13.2 Å². The Morgan fingerprint density at radius 2 is 1.76 bits per heavy atom. The van der Waals surface area contributed by atoms with Crippen molar-refractivity contribution in [3.63, 3.8) is 0 Å². The molecule has 0 bridgehead atoms. The lowest BCUT2D eigenvalue weighted by Gasteiger charge is -2.26. The highest BCUT2D eigenvalue weighted by Crippen LogP contribution is 2.27. The summed E-state index contributed by atoms with van der Waals surface area (Å²) in [6.45, 7) is 4.86. The molecule has 0 unspecified atom stereocenters. The van der Waals surface area contributed by atoms with Crippen LogP contribution in [0.25, 0.3) is 0 Å². The fourth-order valence-electron chi connectivity index (χ4n) is 2.90. The molecule has 2 aromatic rings. The number of amides is 1. The van der Waals surface area contributed by atoms with E-state index >= 15 is 0 Å². The minimum atomic E-state index is -3.63. The molecule has 0 heterocycles. The van der Waals surface area contributed by atoms with Crippen LogP contribution >= 0.6 is 0 Å². The Kier molecular flexibility index (Phi) is 7.50. The van der Waals surface area contributed by atoms with E-state index in [0.717, 1.165) is 11.8 Å². The van der Waals surface area contributed by atoms with E-state index in [-0.39, 0.29) is 17.6 Å². The number of methoxy groups -OCH3 is 2. The Balaban J connectivity index is 2.33. The van der Waals surface area contributed by atoms with Crippen LogP contribution in [0.2, 0.25) is 0 Å². The third kappa shape index (κ3) is 6.67. The predicted molar refractivity (Wildman–Crippen MR) is 111 cm³/mol. The summed E-state index contributed by atoms with van der Waals surface area (Å²) < 4.78 is 38.3. The third-order valence-corrected chi connectivity index (χ3v) is 4.53. The van der Waals surface area contributed by atoms with Crippen molar-refractivity contribution in [1.82, 2.24) is 4.90 Å². The average molecular weight is 422 g/mol. The molecule has 0 N–H and O–H groups in total. The lowest BCUT2D eigenvalue weighted by Crippen LogP contribution is -2.34. The second-order valence-corrected chi connectivity index (χ2v) is 8.66. The van der Waals surface area contributed by atoms with Gasteiger partial charge < -0.3 is 18.6 Å². The van der Waals surface area contributed by atoms with Gasteiger partial charge in [0, 0.05) is 19.2 Å². The van der Waals surface area contributed by atoms with E-state index in [4.69, 9.17) is 13.7 Å². The fraction of sp³-hybridized carbons (Fsp3) is 0.381. The number of carbonyl (C=O) groups excluding carboxylic acids is 1. The minimum absolute atomic E-state index is 0.187.